The van der Waals surface area contributed by atoms with E-state index < -0.39 is 17.0 Å². The Bertz CT molecular complexity index is 744. The highest BCUT2D eigenvalue weighted by atomic mass is 16.7. The molecule has 6 heteroatoms. The lowest BCUT2D eigenvalue weighted by atomic mass is 9.88. The van der Waals surface area contributed by atoms with Gasteiger partial charge in [-0.1, -0.05) is 24.3 Å². The van der Waals surface area contributed by atoms with Crippen LogP contribution in [0.3, 0.4) is 0 Å². The SMILES string of the molecule is CC1(c2cccc(O)c2)OCC2(CO1)COC(C)(c1cccc(O)c1)OC2. The van der Waals surface area contributed by atoms with Gasteiger partial charge in [0.25, 0.3) is 0 Å². The van der Waals surface area contributed by atoms with Gasteiger partial charge in [-0.3, -0.25) is 0 Å². The van der Waals surface area contributed by atoms with Crippen molar-refractivity contribution in [3.63, 3.8) is 0 Å². The van der Waals surface area contributed by atoms with Crippen molar-refractivity contribution in [1.82, 2.24) is 0 Å². The molecule has 2 aliphatic rings. The van der Waals surface area contributed by atoms with E-state index in [1.807, 2.05) is 26.0 Å². The molecule has 27 heavy (non-hydrogen) atoms. The lowest BCUT2D eigenvalue weighted by Crippen LogP contribution is -2.56. The molecule has 2 heterocycles. The van der Waals surface area contributed by atoms with Crippen molar-refractivity contribution < 1.29 is 29.2 Å². The fourth-order valence-corrected chi connectivity index (χ4v) is 3.41. The average Bonchev–Trinajstić information content (AvgIpc) is 2.67. The number of phenolic OH excluding ortho intramolecular Hbond substituents is 2. The predicted octanol–water partition coefficient (Wildman–Crippen LogP) is 3.22. The number of hydrogen-bond acceptors (Lipinski definition) is 6. The topological polar surface area (TPSA) is 77.4 Å². The van der Waals surface area contributed by atoms with Crippen LogP contribution < -0.4 is 0 Å². The normalized spacial score (nSPS) is 33.9. The average molecular weight is 372 g/mol. The molecule has 2 saturated heterocycles. The highest BCUT2D eigenvalue weighted by Crippen LogP contribution is 2.43. The molecule has 1 spiro atoms. The predicted molar refractivity (Wildman–Crippen MR) is 97.2 cm³/mol. The third-order valence-electron chi connectivity index (χ3n) is 5.36. The minimum atomic E-state index is -0.921. The molecule has 0 bridgehead atoms. The second-order valence-corrected chi connectivity index (χ2v) is 7.65. The van der Waals surface area contributed by atoms with Gasteiger partial charge in [0.05, 0.1) is 31.8 Å². The van der Waals surface area contributed by atoms with Crippen molar-refractivity contribution in [1.29, 1.82) is 0 Å². The number of ether oxygens (including phenoxy) is 4. The molecule has 2 aromatic rings. The van der Waals surface area contributed by atoms with Crippen molar-refractivity contribution in [2.45, 2.75) is 25.4 Å². The van der Waals surface area contributed by atoms with Gasteiger partial charge in [-0.2, -0.15) is 0 Å². The second-order valence-electron chi connectivity index (χ2n) is 7.65. The van der Waals surface area contributed by atoms with Gasteiger partial charge in [-0.25, -0.2) is 0 Å². The van der Waals surface area contributed by atoms with E-state index in [9.17, 15) is 10.2 Å². The van der Waals surface area contributed by atoms with Crippen LogP contribution in [0.4, 0.5) is 0 Å². The first kappa shape index (κ1) is 18.3. The van der Waals surface area contributed by atoms with Gasteiger partial charge in [0, 0.05) is 11.1 Å². The summed E-state index contributed by atoms with van der Waals surface area (Å²) >= 11 is 0. The lowest BCUT2D eigenvalue weighted by Gasteiger charge is -2.49. The molecule has 144 valence electrons. The summed E-state index contributed by atoms with van der Waals surface area (Å²) in [5.41, 5.74) is 1.13. The first-order valence-corrected chi connectivity index (χ1v) is 8.98. The summed E-state index contributed by atoms with van der Waals surface area (Å²) < 4.78 is 24.2. The van der Waals surface area contributed by atoms with Gasteiger partial charge < -0.3 is 29.2 Å². The van der Waals surface area contributed by atoms with E-state index in [4.69, 9.17) is 18.9 Å². The van der Waals surface area contributed by atoms with E-state index in [1.165, 1.54) is 0 Å². The summed E-state index contributed by atoms with van der Waals surface area (Å²) in [5.74, 6) is -1.49. The molecule has 4 rings (SSSR count). The van der Waals surface area contributed by atoms with E-state index in [0.29, 0.717) is 26.4 Å². The number of hydrogen-bond donors (Lipinski definition) is 2. The Morgan fingerprint density at radius 2 is 1.04 bits per heavy atom. The number of phenols is 2. The fraction of sp³-hybridized carbons (Fsp3) is 0.429. The van der Waals surface area contributed by atoms with Crippen LogP contribution in [-0.4, -0.2) is 36.6 Å². The van der Waals surface area contributed by atoms with Crippen molar-refractivity contribution >= 4 is 0 Å². The van der Waals surface area contributed by atoms with Gasteiger partial charge >= 0.3 is 0 Å². The molecule has 0 saturated carbocycles. The van der Waals surface area contributed by atoms with Crippen LogP contribution in [0.25, 0.3) is 0 Å². The first-order chi connectivity index (χ1) is 12.8. The molecule has 2 fully saturated rings. The number of rotatable bonds is 2. The molecule has 0 aliphatic carbocycles. The first-order valence-electron chi connectivity index (χ1n) is 8.98. The van der Waals surface area contributed by atoms with Crippen molar-refractivity contribution in [2.24, 2.45) is 5.41 Å². The minimum Gasteiger partial charge on any atom is -0.508 e. The molecule has 0 aromatic heterocycles. The Morgan fingerprint density at radius 3 is 1.37 bits per heavy atom. The largest absolute Gasteiger partial charge is 0.508 e. The molecule has 0 atom stereocenters. The van der Waals surface area contributed by atoms with Crippen LogP contribution in [0.2, 0.25) is 0 Å². The van der Waals surface area contributed by atoms with Crippen molar-refractivity contribution in [3.8, 4) is 11.5 Å². The van der Waals surface area contributed by atoms with Crippen molar-refractivity contribution in [2.75, 3.05) is 26.4 Å². The molecule has 0 radical (unpaired) electrons. The third kappa shape index (κ3) is 3.41. The quantitative estimate of drug-likeness (QED) is 0.843. The zero-order valence-corrected chi connectivity index (χ0v) is 15.5. The molecule has 2 aromatic carbocycles. The van der Waals surface area contributed by atoms with Crippen LogP contribution in [0.5, 0.6) is 11.5 Å². The third-order valence-corrected chi connectivity index (χ3v) is 5.36. The second kappa shape index (κ2) is 6.49. The molecule has 0 unspecified atom stereocenters. The maximum atomic E-state index is 9.72. The Morgan fingerprint density at radius 1 is 0.667 bits per heavy atom. The molecular weight excluding hydrogens is 348 g/mol. The van der Waals surface area contributed by atoms with E-state index >= 15 is 0 Å². The van der Waals surface area contributed by atoms with E-state index in [-0.39, 0.29) is 11.5 Å². The van der Waals surface area contributed by atoms with Crippen LogP contribution in [-0.2, 0) is 30.5 Å². The molecule has 0 amide bonds. The van der Waals surface area contributed by atoms with Crippen LogP contribution >= 0.6 is 0 Å². The minimum absolute atomic E-state index is 0.174. The van der Waals surface area contributed by atoms with E-state index in [0.717, 1.165) is 11.1 Å². The van der Waals surface area contributed by atoms with Crippen LogP contribution in [0.15, 0.2) is 48.5 Å². The maximum absolute atomic E-state index is 9.72. The smallest absolute Gasteiger partial charge is 0.192 e. The number of benzene rings is 2. The Hall–Kier alpha value is -2.12. The summed E-state index contributed by atoms with van der Waals surface area (Å²) in [6.07, 6.45) is 0. The molecule has 2 aliphatic heterocycles. The summed E-state index contributed by atoms with van der Waals surface area (Å²) in [6.45, 7) is 5.33. The van der Waals surface area contributed by atoms with E-state index in [1.54, 1.807) is 36.4 Å². The standard InChI is InChI=1S/C21H24O6/c1-19(15-5-3-7-17(22)9-15)24-11-21(12-25-19)13-26-20(2,27-14-21)16-6-4-8-18(23)10-16/h3-10,22-23H,11-14H2,1-2H3. The van der Waals surface area contributed by atoms with Gasteiger partial charge in [0.2, 0.25) is 0 Å². The maximum Gasteiger partial charge on any atom is 0.192 e. The molecule has 6 nitrogen and oxygen atoms in total. The Kier molecular flexibility index (Phi) is 4.39. The summed E-state index contributed by atoms with van der Waals surface area (Å²) in [7, 11) is 0. The zero-order valence-electron chi connectivity index (χ0n) is 15.5. The van der Waals surface area contributed by atoms with Gasteiger partial charge in [0.15, 0.2) is 11.6 Å². The summed E-state index contributed by atoms with van der Waals surface area (Å²) in [4.78, 5) is 0. The molecular formula is C21H24O6. The summed E-state index contributed by atoms with van der Waals surface area (Å²) in [6, 6.07) is 13.8. The Balaban J connectivity index is 1.44. The van der Waals surface area contributed by atoms with Crippen LogP contribution in [0, 0.1) is 5.41 Å². The van der Waals surface area contributed by atoms with Gasteiger partial charge in [0.1, 0.15) is 11.5 Å². The lowest BCUT2D eigenvalue weighted by molar-refractivity contribution is -0.368. The number of aromatic hydroxyl groups is 2. The summed E-state index contributed by atoms with van der Waals surface area (Å²) in [5, 5.41) is 19.4. The van der Waals surface area contributed by atoms with Gasteiger partial charge in [-0.15, -0.1) is 0 Å². The van der Waals surface area contributed by atoms with Crippen molar-refractivity contribution in [3.05, 3.63) is 59.7 Å². The molecule has 2 N–H and O–H groups in total. The monoisotopic (exact) mass is 372 g/mol. The highest BCUT2D eigenvalue weighted by Gasteiger charge is 2.49. The van der Waals surface area contributed by atoms with E-state index in [2.05, 4.69) is 0 Å². The zero-order chi connectivity index (χ0) is 19.1. The Labute approximate surface area is 158 Å². The van der Waals surface area contributed by atoms with Gasteiger partial charge in [-0.05, 0) is 38.1 Å². The van der Waals surface area contributed by atoms with Crippen LogP contribution in [0.1, 0.15) is 25.0 Å². The fourth-order valence-electron chi connectivity index (χ4n) is 3.41. The highest BCUT2D eigenvalue weighted by molar-refractivity contribution is 5.31.